The van der Waals surface area contributed by atoms with Gasteiger partial charge in [-0.25, -0.2) is 4.98 Å². The van der Waals surface area contributed by atoms with Crippen molar-refractivity contribution in [3.05, 3.63) is 49.8 Å². The zero-order valence-corrected chi connectivity index (χ0v) is 15.7. The Morgan fingerprint density at radius 3 is 2.96 bits per heavy atom. The summed E-state index contributed by atoms with van der Waals surface area (Å²) < 4.78 is 1.23. The predicted molar refractivity (Wildman–Crippen MR) is 101 cm³/mol. The molecule has 2 aliphatic rings. The number of carbonyl (C=O) groups excluding carboxylic acids is 2. The van der Waals surface area contributed by atoms with Crippen LogP contribution in [0.1, 0.15) is 52.7 Å². The largest absolute Gasteiger partial charge is 0.347 e. The van der Waals surface area contributed by atoms with Gasteiger partial charge < -0.3 is 10.6 Å². The molecule has 0 radical (unpaired) electrons. The number of rotatable bonds is 3. The van der Waals surface area contributed by atoms with Crippen LogP contribution in [0.25, 0.3) is 5.78 Å². The summed E-state index contributed by atoms with van der Waals surface area (Å²) in [6, 6.07) is 1.39. The average molecular weight is 398 g/mol. The SMILES string of the molecule is O=C1CC[C@@H](NC(=O)c2nc3nc4c(c(=O)n3[nH]2)CCC4)[C@H](c2ccsc2)N1. The Balaban J connectivity index is 1.42. The number of H-pyrrole nitrogens is 1. The van der Waals surface area contributed by atoms with E-state index in [1.54, 1.807) is 0 Å². The number of nitrogens with zero attached hydrogens (tertiary/aromatic N) is 3. The van der Waals surface area contributed by atoms with Gasteiger partial charge in [0, 0.05) is 12.0 Å². The Hall–Kier alpha value is -3.01. The van der Waals surface area contributed by atoms with E-state index >= 15 is 0 Å². The minimum atomic E-state index is -0.425. The molecule has 2 atom stereocenters. The van der Waals surface area contributed by atoms with Crippen molar-refractivity contribution >= 4 is 28.9 Å². The number of piperidine rings is 1. The lowest BCUT2D eigenvalue weighted by molar-refractivity contribution is -0.123. The number of hydrogen-bond acceptors (Lipinski definition) is 6. The van der Waals surface area contributed by atoms with E-state index in [9.17, 15) is 14.4 Å². The maximum atomic E-state index is 12.8. The van der Waals surface area contributed by atoms with Crippen molar-refractivity contribution in [2.75, 3.05) is 0 Å². The molecule has 5 rings (SSSR count). The zero-order chi connectivity index (χ0) is 19.3. The van der Waals surface area contributed by atoms with Crippen LogP contribution in [0.3, 0.4) is 0 Å². The minimum Gasteiger partial charge on any atom is -0.347 e. The van der Waals surface area contributed by atoms with Crippen molar-refractivity contribution in [3.63, 3.8) is 0 Å². The third-order valence-corrected chi connectivity index (χ3v) is 6.05. The van der Waals surface area contributed by atoms with E-state index in [-0.39, 0.29) is 35.2 Å². The van der Waals surface area contributed by atoms with Crippen molar-refractivity contribution in [2.45, 2.75) is 44.2 Å². The fourth-order valence-electron chi connectivity index (χ4n) is 3.95. The van der Waals surface area contributed by atoms with Gasteiger partial charge in [-0.05, 0) is 48.1 Å². The summed E-state index contributed by atoms with van der Waals surface area (Å²) in [6.07, 6.45) is 3.26. The highest BCUT2D eigenvalue weighted by Crippen LogP contribution is 2.26. The first kappa shape index (κ1) is 17.1. The number of hydrogen-bond donors (Lipinski definition) is 3. The molecule has 1 fully saturated rings. The third-order valence-electron chi connectivity index (χ3n) is 5.35. The van der Waals surface area contributed by atoms with E-state index in [2.05, 4.69) is 25.7 Å². The van der Waals surface area contributed by atoms with E-state index in [4.69, 9.17) is 0 Å². The Bertz CT molecular complexity index is 1130. The molecule has 28 heavy (non-hydrogen) atoms. The second-order valence-electron chi connectivity index (χ2n) is 7.12. The monoisotopic (exact) mass is 398 g/mol. The van der Waals surface area contributed by atoms with Gasteiger partial charge in [-0.15, -0.1) is 0 Å². The molecule has 3 N–H and O–H groups in total. The molecule has 1 saturated heterocycles. The number of aryl methyl sites for hydroxylation is 1. The molecule has 144 valence electrons. The van der Waals surface area contributed by atoms with Gasteiger partial charge in [-0.2, -0.15) is 20.8 Å². The lowest BCUT2D eigenvalue weighted by Gasteiger charge is -2.32. The van der Waals surface area contributed by atoms with Crippen LogP contribution in [0.15, 0.2) is 21.6 Å². The fraction of sp³-hybridized carbons (Fsp3) is 0.389. The van der Waals surface area contributed by atoms with E-state index in [0.717, 1.165) is 24.1 Å². The van der Waals surface area contributed by atoms with Crippen LogP contribution in [0, 0.1) is 0 Å². The maximum Gasteiger partial charge on any atom is 0.288 e. The lowest BCUT2D eigenvalue weighted by atomic mass is 9.93. The molecule has 2 amide bonds. The van der Waals surface area contributed by atoms with E-state index in [1.165, 1.54) is 15.9 Å². The first-order valence-electron chi connectivity index (χ1n) is 9.23. The van der Waals surface area contributed by atoms with Gasteiger partial charge in [0.2, 0.25) is 11.7 Å². The number of carbonyl (C=O) groups is 2. The van der Waals surface area contributed by atoms with Crippen LogP contribution in [0.2, 0.25) is 0 Å². The lowest BCUT2D eigenvalue weighted by Crippen LogP contribution is -2.50. The molecule has 0 saturated carbocycles. The first-order valence-corrected chi connectivity index (χ1v) is 10.2. The Morgan fingerprint density at radius 1 is 1.25 bits per heavy atom. The fourth-order valence-corrected chi connectivity index (χ4v) is 4.64. The summed E-state index contributed by atoms with van der Waals surface area (Å²) >= 11 is 1.54. The van der Waals surface area contributed by atoms with Crippen molar-refractivity contribution < 1.29 is 9.59 Å². The molecule has 0 bridgehead atoms. The van der Waals surface area contributed by atoms with Crippen molar-refractivity contribution in [1.82, 2.24) is 30.2 Å². The van der Waals surface area contributed by atoms with E-state index < -0.39 is 5.91 Å². The van der Waals surface area contributed by atoms with Crippen LogP contribution >= 0.6 is 11.3 Å². The predicted octanol–water partition coefficient (Wildman–Crippen LogP) is 0.718. The highest BCUT2D eigenvalue weighted by molar-refractivity contribution is 7.08. The first-order chi connectivity index (χ1) is 13.6. The number of aromatic nitrogens is 4. The third kappa shape index (κ3) is 2.80. The Kier molecular flexibility index (Phi) is 4.00. The normalized spacial score (nSPS) is 21.5. The number of nitrogens with one attached hydrogen (secondary N) is 3. The van der Waals surface area contributed by atoms with Crippen LogP contribution in [-0.4, -0.2) is 37.4 Å². The van der Waals surface area contributed by atoms with Gasteiger partial charge in [0.05, 0.1) is 17.8 Å². The van der Waals surface area contributed by atoms with Crippen LogP contribution < -0.4 is 16.2 Å². The summed E-state index contributed by atoms with van der Waals surface area (Å²) in [7, 11) is 0. The number of amides is 2. The van der Waals surface area contributed by atoms with Crippen LogP contribution in [-0.2, 0) is 17.6 Å². The number of aromatic amines is 1. The van der Waals surface area contributed by atoms with Gasteiger partial charge >= 0.3 is 0 Å². The summed E-state index contributed by atoms with van der Waals surface area (Å²) in [6.45, 7) is 0. The Morgan fingerprint density at radius 2 is 2.14 bits per heavy atom. The average Bonchev–Trinajstić information content (AvgIpc) is 3.43. The molecule has 0 aromatic carbocycles. The van der Waals surface area contributed by atoms with Crippen molar-refractivity contribution in [1.29, 1.82) is 0 Å². The summed E-state index contributed by atoms with van der Waals surface area (Å²) in [5, 5.41) is 12.6. The quantitative estimate of drug-likeness (QED) is 0.600. The molecule has 1 aliphatic carbocycles. The topological polar surface area (TPSA) is 121 Å². The molecule has 3 aromatic rings. The Labute approximate surface area is 163 Å². The summed E-state index contributed by atoms with van der Waals surface area (Å²) in [5.74, 6) is -0.210. The molecule has 10 heteroatoms. The standard InChI is InChI=1S/C18H18N6O3S/c25-13-5-4-12(14(21-13)9-6-7-28-8-9)19-16(26)15-22-18-20-11-3-1-2-10(11)17(27)24(18)23-15/h6-8,12,14H,1-5H2,(H,19,26)(H,21,25)(H,20,22,23)/t12-,14+/m1/s1. The number of thiophene rings is 1. The minimum absolute atomic E-state index is 0.0318. The van der Waals surface area contributed by atoms with Gasteiger partial charge in [0.1, 0.15) is 0 Å². The van der Waals surface area contributed by atoms with Crippen molar-refractivity contribution in [2.24, 2.45) is 0 Å². The van der Waals surface area contributed by atoms with Crippen molar-refractivity contribution in [3.8, 4) is 0 Å². The molecule has 0 unspecified atom stereocenters. The van der Waals surface area contributed by atoms with Gasteiger partial charge in [0.15, 0.2) is 0 Å². The molecule has 3 aromatic heterocycles. The molecular formula is C18H18N6O3S. The molecular weight excluding hydrogens is 380 g/mol. The van der Waals surface area contributed by atoms with Gasteiger partial charge in [-0.3, -0.25) is 19.5 Å². The maximum absolute atomic E-state index is 12.8. The van der Waals surface area contributed by atoms with Crippen LogP contribution in [0.4, 0.5) is 0 Å². The van der Waals surface area contributed by atoms with Crippen LogP contribution in [0.5, 0.6) is 0 Å². The van der Waals surface area contributed by atoms with Gasteiger partial charge in [0.25, 0.3) is 17.2 Å². The van der Waals surface area contributed by atoms with Gasteiger partial charge in [-0.1, -0.05) is 0 Å². The highest BCUT2D eigenvalue weighted by atomic mass is 32.1. The van der Waals surface area contributed by atoms with E-state index in [1.807, 2.05) is 16.8 Å². The second kappa shape index (κ2) is 6.55. The molecule has 9 nitrogen and oxygen atoms in total. The second-order valence-corrected chi connectivity index (χ2v) is 7.90. The molecule has 4 heterocycles. The summed E-state index contributed by atoms with van der Waals surface area (Å²) in [5.41, 5.74) is 2.24. The molecule has 1 aliphatic heterocycles. The zero-order valence-electron chi connectivity index (χ0n) is 14.9. The smallest absolute Gasteiger partial charge is 0.288 e. The molecule has 0 spiro atoms. The van der Waals surface area contributed by atoms with E-state index in [0.29, 0.717) is 24.8 Å². The highest BCUT2D eigenvalue weighted by Gasteiger charge is 2.32. The summed E-state index contributed by atoms with van der Waals surface area (Å²) in [4.78, 5) is 45.8. The number of fused-ring (bicyclic) bond motifs is 2.